The molecule has 5 aliphatic rings. The van der Waals surface area contributed by atoms with Gasteiger partial charge in [0.15, 0.2) is 23.6 Å². The number of hydrogen-bond acceptors (Lipinski definition) is 15. The van der Waals surface area contributed by atoms with Gasteiger partial charge in [-0.05, 0) is 75.8 Å². The second-order valence-corrected chi connectivity index (χ2v) is 18.4. The fourth-order valence-electron chi connectivity index (χ4n) is 10.0. The molecule has 16 nitrogen and oxygen atoms in total. The number of benzene rings is 1. The number of ketones is 1. The minimum absolute atomic E-state index is 0.0147. The first-order valence-electron chi connectivity index (χ1n) is 20.4. The molecule has 16 heteroatoms. The van der Waals surface area contributed by atoms with E-state index in [-0.39, 0.29) is 37.0 Å². The van der Waals surface area contributed by atoms with Gasteiger partial charge in [0.1, 0.15) is 29.5 Å². The van der Waals surface area contributed by atoms with Gasteiger partial charge in [-0.3, -0.25) is 19.2 Å². The van der Waals surface area contributed by atoms with Gasteiger partial charge in [-0.2, -0.15) is 0 Å². The van der Waals surface area contributed by atoms with Crippen LogP contribution in [0.2, 0.25) is 0 Å². The van der Waals surface area contributed by atoms with Crippen molar-refractivity contribution in [3.8, 4) is 0 Å². The van der Waals surface area contributed by atoms with E-state index in [1.807, 2.05) is 6.08 Å². The highest BCUT2D eigenvalue weighted by Crippen LogP contribution is 2.64. The van der Waals surface area contributed by atoms with Crippen LogP contribution < -0.4 is 5.32 Å². The first kappa shape index (κ1) is 44.9. The number of ether oxygens (including phenoxy) is 6. The molecule has 11 atom stereocenters. The number of aliphatic hydroxyl groups is 3. The Morgan fingerprint density at radius 3 is 2.32 bits per heavy atom. The molecule has 2 heterocycles. The molecule has 1 aromatic carbocycles. The Bertz CT molecular complexity index is 2000. The number of rotatable bonds is 3. The number of nitrogens with one attached hydrogen (secondary N) is 1. The van der Waals surface area contributed by atoms with E-state index in [0.29, 0.717) is 17.5 Å². The molecule has 0 unspecified atom stereocenters. The topological polar surface area (TPSA) is 231 Å². The van der Waals surface area contributed by atoms with Crippen molar-refractivity contribution in [2.24, 2.45) is 16.7 Å². The maximum Gasteiger partial charge on any atom is 0.408 e. The van der Waals surface area contributed by atoms with Crippen molar-refractivity contribution in [3.05, 3.63) is 52.6 Å². The Kier molecular flexibility index (Phi) is 12.0. The first-order valence-corrected chi connectivity index (χ1v) is 20.4. The summed E-state index contributed by atoms with van der Waals surface area (Å²) in [7, 11) is 0. The number of carbonyl (C=O) groups excluding carboxylic acids is 6. The molecule has 1 amide bonds. The van der Waals surface area contributed by atoms with E-state index < -0.39 is 118 Å². The summed E-state index contributed by atoms with van der Waals surface area (Å²) < 4.78 is 35.6. The third-order valence-corrected chi connectivity index (χ3v) is 13.0. The zero-order valence-electron chi connectivity index (χ0n) is 35.6. The van der Waals surface area contributed by atoms with Crippen LogP contribution in [0.4, 0.5) is 4.79 Å². The van der Waals surface area contributed by atoms with Gasteiger partial charge in [-0.15, -0.1) is 0 Å². The summed E-state index contributed by atoms with van der Waals surface area (Å²) >= 11 is 0. The zero-order chi connectivity index (χ0) is 44.3. The lowest BCUT2D eigenvalue weighted by molar-refractivity contribution is -0.347. The van der Waals surface area contributed by atoms with Crippen LogP contribution >= 0.6 is 0 Å². The fourth-order valence-corrected chi connectivity index (χ4v) is 10.0. The van der Waals surface area contributed by atoms with Gasteiger partial charge >= 0.3 is 30.0 Å². The van der Waals surface area contributed by atoms with Crippen molar-refractivity contribution < 1.29 is 72.5 Å². The maximum atomic E-state index is 15.4. The third kappa shape index (κ3) is 7.75. The fraction of sp³-hybridized carbons (Fsp3) is 0.636. The minimum Gasteiger partial charge on any atom is -0.459 e. The molecular formula is C44H57NO15. The molecule has 0 radical (unpaired) electrons. The molecule has 2 saturated carbocycles. The summed E-state index contributed by atoms with van der Waals surface area (Å²) in [6.07, 6.45) is -7.16. The van der Waals surface area contributed by atoms with Crippen molar-refractivity contribution in [2.75, 3.05) is 6.61 Å². The molecule has 328 valence electrons. The monoisotopic (exact) mass is 839 g/mol. The Hall–Kier alpha value is -4.64. The lowest BCUT2D eigenvalue weighted by Gasteiger charge is -2.67. The van der Waals surface area contributed by atoms with Crippen LogP contribution in [0, 0.1) is 16.7 Å². The molecule has 3 fully saturated rings. The van der Waals surface area contributed by atoms with E-state index in [4.69, 9.17) is 28.4 Å². The van der Waals surface area contributed by atoms with E-state index in [9.17, 15) is 39.3 Å². The van der Waals surface area contributed by atoms with Crippen molar-refractivity contribution in [1.29, 1.82) is 0 Å². The Labute approximate surface area is 348 Å². The first-order chi connectivity index (χ1) is 27.9. The standard InChI is InChI=1S/C44H57NO15/c1-22-27-20-44(54)37(35-42(9,28(48)19-29-43(35,21-55-29)59-24(3)47)36(51)34(56-23(2)46)31(22)41(44,7)8)58-30(49)17-12-10-11-14-25-15-13-16-26(18-25)32(33(50)38(52)57-27)45-39(53)60-40(4,5)6/h11,13-16,18,27-29,32-35,37,48,50,54H,10,12,17,19-21H2,1-9H3,(H,45,53)/b14-11+/t27-,28-,29+,32-,33+,34+,35-,37-,42+,43-,44+/m0/s1. The zero-order valence-corrected chi connectivity index (χ0v) is 35.6. The van der Waals surface area contributed by atoms with Gasteiger partial charge in [0.05, 0.1) is 30.1 Å². The normalized spacial score (nSPS) is 37.2. The summed E-state index contributed by atoms with van der Waals surface area (Å²) in [5.41, 5.74) is -7.47. The Morgan fingerprint density at radius 2 is 1.70 bits per heavy atom. The van der Waals surface area contributed by atoms with Gasteiger partial charge < -0.3 is 49.1 Å². The summed E-state index contributed by atoms with van der Waals surface area (Å²) in [5, 5.41) is 40.0. The van der Waals surface area contributed by atoms with E-state index in [0.717, 1.165) is 13.8 Å². The summed E-state index contributed by atoms with van der Waals surface area (Å²) in [6, 6.07) is 5.31. The number of hydrogen-bond donors (Lipinski definition) is 4. The number of alkyl carbamates (subject to hydrolysis) is 1. The molecule has 60 heavy (non-hydrogen) atoms. The number of Topliss-reactive ketones (excluding diaryl/α,β-unsaturated/α-hetero) is 1. The predicted octanol–water partition coefficient (Wildman–Crippen LogP) is 3.71. The molecule has 0 spiro atoms. The van der Waals surface area contributed by atoms with Crippen LogP contribution in [0.3, 0.4) is 0 Å². The summed E-state index contributed by atoms with van der Waals surface area (Å²) in [5.74, 6) is -6.00. The number of fused-ring (bicyclic) bond motifs is 8. The molecule has 4 N–H and O–H groups in total. The molecule has 3 aliphatic carbocycles. The average Bonchev–Trinajstić information content (AvgIpc) is 3.13. The average molecular weight is 840 g/mol. The van der Waals surface area contributed by atoms with Crippen molar-refractivity contribution in [3.63, 3.8) is 0 Å². The van der Waals surface area contributed by atoms with E-state index in [2.05, 4.69) is 5.32 Å². The lowest BCUT2D eigenvalue weighted by Crippen LogP contribution is -2.82. The van der Waals surface area contributed by atoms with Gasteiger partial charge in [0, 0.05) is 38.5 Å². The second-order valence-electron chi connectivity index (χ2n) is 18.4. The Morgan fingerprint density at radius 1 is 1.00 bits per heavy atom. The van der Waals surface area contributed by atoms with Crippen LogP contribution in [0.15, 0.2) is 41.5 Å². The number of esters is 4. The minimum atomic E-state index is -2.34. The van der Waals surface area contributed by atoms with Crippen LogP contribution in [-0.4, -0.2) is 111 Å². The quantitative estimate of drug-likeness (QED) is 0.193. The molecule has 1 saturated heterocycles. The molecule has 5 bridgehead atoms. The molecule has 6 rings (SSSR count). The smallest absolute Gasteiger partial charge is 0.408 e. The highest BCUT2D eigenvalue weighted by Gasteiger charge is 2.78. The van der Waals surface area contributed by atoms with Crippen molar-refractivity contribution in [1.82, 2.24) is 5.32 Å². The maximum absolute atomic E-state index is 15.4. The van der Waals surface area contributed by atoms with Gasteiger partial charge in [0.2, 0.25) is 0 Å². The van der Waals surface area contributed by atoms with Crippen LogP contribution in [0.5, 0.6) is 0 Å². The number of carbonyl (C=O) groups is 6. The number of aliphatic hydroxyl groups excluding tert-OH is 2. The Balaban J connectivity index is 1.58. The van der Waals surface area contributed by atoms with Gasteiger partial charge in [-0.1, -0.05) is 44.2 Å². The van der Waals surface area contributed by atoms with E-state index >= 15 is 4.79 Å². The third-order valence-electron chi connectivity index (χ3n) is 13.0. The van der Waals surface area contributed by atoms with Gasteiger partial charge in [-0.25, -0.2) is 9.59 Å². The predicted molar refractivity (Wildman–Crippen MR) is 210 cm³/mol. The molecular weight excluding hydrogens is 782 g/mol. The molecule has 1 aromatic rings. The van der Waals surface area contributed by atoms with Crippen molar-refractivity contribution in [2.45, 2.75) is 154 Å². The van der Waals surface area contributed by atoms with Crippen molar-refractivity contribution >= 4 is 41.8 Å². The van der Waals surface area contributed by atoms with Gasteiger partial charge in [0.25, 0.3) is 0 Å². The van der Waals surface area contributed by atoms with Crippen LogP contribution in [-0.2, 0) is 52.4 Å². The summed E-state index contributed by atoms with van der Waals surface area (Å²) in [6.45, 7) is 13.0. The largest absolute Gasteiger partial charge is 0.459 e. The highest BCUT2D eigenvalue weighted by molar-refractivity contribution is 5.95. The van der Waals surface area contributed by atoms with E-state index in [1.54, 1.807) is 65.0 Å². The lowest BCUT2D eigenvalue weighted by atomic mass is 9.44. The molecule has 2 aliphatic heterocycles. The SMILES string of the molecule is CC(=O)O[C@H]1C(=O)[C@@]2(C)[C@H]([C@@H]3OC(=O)CCC/C=C/c4cccc(c4)[C@H](NC(=O)OC(C)(C)C)[C@@H](O)C(=O)O[C@H]4C[C@]3(O)C(C)(C)C1=C4C)[C@]1(OC(C)=O)CO[C@@H]1C[C@@H]2O. The van der Waals surface area contributed by atoms with Crippen LogP contribution in [0.1, 0.15) is 112 Å². The van der Waals surface area contributed by atoms with Crippen LogP contribution in [0.25, 0.3) is 6.08 Å². The second kappa shape index (κ2) is 16.0. The number of amides is 1. The summed E-state index contributed by atoms with van der Waals surface area (Å²) in [4.78, 5) is 82.8. The highest BCUT2D eigenvalue weighted by atomic mass is 16.6. The van der Waals surface area contributed by atoms with E-state index in [1.165, 1.54) is 13.8 Å². The number of allylic oxidation sites excluding steroid dienone is 1. The molecule has 0 aromatic heterocycles.